The first-order valence-corrected chi connectivity index (χ1v) is 8.74. The Labute approximate surface area is 138 Å². The van der Waals surface area contributed by atoms with Crippen LogP contribution in [-0.4, -0.2) is 42.7 Å². The zero-order valence-electron chi connectivity index (χ0n) is 13.9. The lowest BCUT2D eigenvalue weighted by Gasteiger charge is -2.28. The highest BCUT2D eigenvalue weighted by molar-refractivity contribution is 5.74. The van der Waals surface area contributed by atoms with Crippen molar-refractivity contribution < 1.29 is 9.53 Å². The molecule has 5 nitrogen and oxygen atoms in total. The molecule has 0 radical (unpaired) electrons. The molecule has 0 unspecified atom stereocenters. The van der Waals surface area contributed by atoms with E-state index in [-0.39, 0.29) is 12.1 Å². The summed E-state index contributed by atoms with van der Waals surface area (Å²) in [6.45, 7) is 2.34. The van der Waals surface area contributed by atoms with Gasteiger partial charge < -0.3 is 15.0 Å². The summed E-state index contributed by atoms with van der Waals surface area (Å²) < 4.78 is 5.40. The van der Waals surface area contributed by atoms with Gasteiger partial charge in [-0.15, -0.1) is 0 Å². The van der Waals surface area contributed by atoms with Gasteiger partial charge in [0.15, 0.2) is 0 Å². The smallest absolute Gasteiger partial charge is 0.317 e. The van der Waals surface area contributed by atoms with Crippen molar-refractivity contribution in [2.45, 2.75) is 38.1 Å². The summed E-state index contributed by atoms with van der Waals surface area (Å²) in [5.74, 6) is 0.961. The van der Waals surface area contributed by atoms with Crippen molar-refractivity contribution in [2.75, 3.05) is 26.8 Å². The highest BCUT2D eigenvalue weighted by atomic mass is 16.5. The fourth-order valence-electron chi connectivity index (χ4n) is 3.72. The number of carbonyl (C=O) groups is 1. The second-order valence-corrected chi connectivity index (χ2v) is 6.84. The van der Waals surface area contributed by atoms with E-state index in [0.717, 1.165) is 31.9 Å². The lowest BCUT2D eigenvalue weighted by molar-refractivity contribution is 0.168. The van der Waals surface area contributed by atoms with Crippen LogP contribution < -0.4 is 5.32 Å². The number of urea groups is 1. The number of nitrogens with zero attached hydrogens (tertiary/aromatic N) is 2. The van der Waals surface area contributed by atoms with E-state index in [2.05, 4.69) is 10.3 Å². The minimum Gasteiger partial charge on any atom is -0.381 e. The maximum absolute atomic E-state index is 12.6. The number of rotatable bonds is 5. The Balaban J connectivity index is 1.63. The molecular formula is C18H27N3O2. The molecule has 2 fully saturated rings. The van der Waals surface area contributed by atoms with Crippen molar-refractivity contribution in [1.29, 1.82) is 0 Å². The zero-order chi connectivity index (χ0) is 16.1. The SMILES string of the molecule is CN(C[C@@H]1CCOC1)C(=O)N[C@@H](c1ccccn1)C1CCCC1. The van der Waals surface area contributed by atoms with Crippen molar-refractivity contribution in [3.8, 4) is 0 Å². The number of aromatic nitrogens is 1. The van der Waals surface area contributed by atoms with Gasteiger partial charge in [0.25, 0.3) is 0 Å². The highest BCUT2D eigenvalue weighted by Gasteiger charge is 2.30. The molecule has 2 amide bonds. The average Bonchev–Trinajstić information content (AvgIpc) is 3.26. The van der Waals surface area contributed by atoms with Gasteiger partial charge in [-0.25, -0.2) is 4.79 Å². The van der Waals surface area contributed by atoms with Crippen LogP contribution in [0, 0.1) is 11.8 Å². The molecule has 2 aliphatic rings. The van der Waals surface area contributed by atoms with Crippen LogP contribution in [0.5, 0.6) is 0 Å². The number of pyridine rings is 1. The Morgan fingerprint density at radius 1 is 1.39 bits per heavy atom. The summed E-state index contributed by atoms with van der Waals surface area (Å²) >= 11 is 0. The summed E-state index contributed by atoms with van der Waals surface area (Å²) in [5, 5.41) is 3.23. The molecule has 1 saturated heterocycles. The van der Waals surface area contributed by atoms with Crippen molar-refractivity contribution in [1.82, 2.24) is 15.2 Å². The fraction of sp³-hybridized carbons (Fsp3) is 0.667. The van der Waals surface area contributed by atoms with E-state index in [0.29, 0.717) is 11.8 Å². The van der Waals surface area contributed by atoms with Crippen LogP contribution >= 0.6 is 0 Å². The van der Waals surface area contributed by atoms with Crippen LogP contribution in [0.15, 0.2) is 24.4 Å². The largest absolute Gasteiger partial charge is 0.381 e. The van der Waals surface area contributed by atoms with Gasteiger partial charge in [0.2, 0.25) is 0 Å². The quantitative estimate of drug-likeness (QED) is 0.908. The lowest BCUT2D eigenvalue weighted by Crippen LogP contribution is -2.43. The molecular weight excluding hydrogens is 290 g/mol. The minimum atomic E-state index is -0.000506. The molecule has 1 aliphatic heterocycles. The number of amides is 2. The second kappa shape index (κ2) is 7.77. The number of ether oxygens (including phenoxy) is 1. The van der Waals surface area contributed by atoms with Gasteiger partial charge in [-0.3, -0.25) is 4.98 Å². The Kier molecular flexibility index (Phi) is 5.49. The van der Waals surface area contributed by atoms with Gasteiger partial charge in [-0.1, -0.05) is 18.9 Å². The van der Waals surface area contributed by atoms with E-state index < -0.39 is 0 Å². The standard InChI is InChI=1S/C18H27N3O2/c1-21(12-14-9-11-23-13-14)18(22)20-17(15-6-2-3-7-15)16-8-4-5-10-19-16/h4-5,8,10,14-15,17H,2-3,6-7,9,11-13H2,1H3,(H,20,22)/t14-,17+/m0/s1. The zero-order valence-corrected chi connectivity index (χ0v) is 13.9. The molecule has 2 heterocycles. The molecule has 3 rings (SSSR count). The Morgan fingerprint density at radius 3 is 2.87 bits per heavy atom. The third-order valence-corrected chi connectivity index (χ3v) is 5.06. The number of hydrogen-bond acceptors (Lipinski definition) is 3. The van der Waals surface area contributed by atoms with Gasteiger partial charge >= 0.3 is 6.03 Å². The summed E-state index contributed by atoms with van der Waals surface area (Å²) in [7, 11) is 1.87. The Morgan fingerprint density at radius 2 is 2.22 bits per heavy atom. The summed E-state index contributed by atoms with van der Waals surface area (Å²) in [4.78, 5) is 18.9. The third kappa shape index (κ3) is 4.22. The monoisotopic (exact) mass is 317 g/mol. The predicted molar refractivity (Wildman–Crippen MR) is 89.0 cm³/mol. The van der Waals surface area contributed by atoms with E-state index in [1.54, 1.807) is 4.90 Å². The van der Waals surface area contributed by atoms with Crippen molar-refractivity contribution >= 4 is 6.03 Å². The first-order chi connectivity index (χ1) is 11.2. The maximum atomic E-state index is 12.6. The first-order valence-electron chi connectivity index (χ1n) is 8.74. The van der Waals surface area contributed by atoms with E-state index >= 15 is 0 Å². The summed E-state index contributed by atoms with van der Waals surface area (Å²) in [6, 6.07) is 5.96. The van der Waals surface area contributed by atoms with Crippen LogP contribution in [0.3, 0.4) is 0 Å². The molecule has 2 atom stereocenters. The van der Waals surface area contributed by atoms with E-state index in [4.69, 9.17) is 4.74 Å². The number of carbonyl (C=O) groups excluding carboxylic acids is 1. The molecule has 5 heteroatoms. The molecule has 1 saturated carbocycles. The molecule has 1 aromatic rings. The Hall–Kier alpha value is -1.62. The summed E-state index contributed by atoms with van der Waals surface area (Å²) in [5.41, 5.74) is 0.977. The molecule has 0 aromatic carbocycles. The highest BCUT2D eigenvalue weighted by Crippen LogP contribution is 2.35. The van der Waals surface area contributed by atoms with E-state index in [1.807, 2.05) is 31.4 Å². The summed E-state index contributed by atoms with van der Waals surface area (Å²) in [6.07, 6.45) is 7.69. The van der Waals surface area contributed by atoms with Crippen LogP contribution in [0.2, 0.25) is 0 Å². The van der Waals surface area contributed by atoms with Gasteiger partial charge in [0.05, 0.1) is 18.3 Å². The molecule has 1 N–H and O–H groups in total. The van der Waals surface area contributed by atoms with E-state index in [1.165, 1.54) is 25.7 Å². The fourth-order valence-corrected chi connectivity index (χ4v) is 3.72. The van der Waals surface area contributed by atoms with Gasteiger partial charge in [-0.05, 0) is 37.3 Å². The molecule has 1 aliphatic carbocycles. The molecule has 126 valence electrons. The first kappa shape index (κ1) is 16.2. The normalized spacial score (nSPS) is 22.9. The minimum absolute atomic E-state index is 0.000506. The second-order valence-electron chi connectivity index (χ2n) is 6.84. The molecule has 0 bridgehead atoms. The van der Waals surface area contributed by atoms with Crippen molar-refractivity contribution in [2.24, 2.45) is 11.8 Å². The third-order valence-electron chi connectivity index (χ3n) is 5.06. The molecule has 1 aromatic heterocycles. The lowest BCUT2D eigenvalue weighted by atomic mass is 9.95. The predicted octanol–water partition coefficient (Wildman–Crippen LogP) is 2.99. The molecule has 0 spiro atoms. The van der Waals surface area contributed by atoms with Gasteiger partial charge in [-0.2, -0.15) is 0 Å². The van der Waals surface area contributed by atoms with Gasteiger partial charge in [0.1, 0.15) is 0 Å². The maximum Gasteiger partial charge on any atom is 0.317 e. The molecule has 23 heavy (non-hydrogen) atoms. The van der Waals surface area contributed by atoms with Crippen LogP contribution in [-0.2, 0) is 4.74 Å². The number of hydrogen-bond donors (Lipinski definition) is 1. The van der Waals surface area contributed by atoms with Crippen LogP contribution in [0.25, 0.3) is 0 Å². The average molecular weight is 317 g/mol. The number of nitrogens with one attached hydrogen (secondary N) is 1. The van der Waals surface area contributed by atoms with Crippen molar-refractivity contribution in [3.05, 3.63) is 30.1 Å². The van der Waals surface area contributed by atoms with Crippen LogP contribution in [0.4, 0.5) is 4.79 Å². The van der Waals surface area contributed by atoms with Gasteiger partial charge in [0, 0.05) is 32.3 Å². The Bertz CT molecular complexity index is 496. The van der Waals surface area contributed by atoms with E-state index in [9.17, 15) is 4.79 Å². The van der Waals surface area contributed by atoms with Crippen molar-refractivity contribution in [3.63, 3.8) is 0 Å². The topological polar surface area (TPSA) is 54.5 Å². The van der Waals surface area contributed by atoms with Crippen LogP contribution in [0.1, 0.15) is 43.8 Å².